The molecule has 4 rings (SSSR count). The van der Waals surface area contributed by atoms with Crippen LogP contribution in [0.5, 0.6) is 5.75 Å². The zero-order chi connectivity index (χ0) is 23.8. The number of carbonyl (C=O) groups is 1. The van der Waals surface area contributed by atoms with E-state index in [1.54, 1.807) is 6.08 Å². The molecule has 34 heavy (non-hydrogen) atoms. The number of fused-ring (bicyclic) bond motifs is 1. The van der Waals surface area contributed by atoms with Gasteiger partial charge in [-0.2, -0.15) is 0 Å². The molecule has 0 unspecified atom stereocenters. The van der Waals surface area contributed by atoms with Crippen LogP contribution >= 0.6 is 11.8 Å². The van der Waals surface area contributed by atoms with E-state index in [1.165, 1.54) is 17.1 Å². The lowest BCUT2D eigenvalue weighted by molar-refractivity contribution is -0.113. The summed E-state index contributed by atoms with van der Waals surface area (Å²) in [6.07, 6.45) is 1.80. The van der Waals surface area contributed by atoms with Gasteiger partial charge in [0.2, 0.25) is 5.91 Å². The van der Waals surface area contributed by atoms with Crippen molar-refractivity contribution in [3.8, 4) is 5.75 Å². The Hall–Kier alpha value is -3.78. The summed E-state index contributed by atoms with van der Waals surface area (Å²) >= 11 is 1.35. The van der Waals surface area contributed by atoms with Gasteiger partial charge in [-0.15, -0.1) is 16.8 Å². The van der Waals surface area contributed by atoms with Gasteiger partial charge >= 0.3 is 0 Å². The minimum atomic E-state index is -0.113. The average Bonchev–Trinajstić information content (AvgIpc) is 3.24. The molecule has 7 nitrogen and oxygen atoms in total. The molecule has 2 N–H and O–H groups in total. The van der Waals surface area contributed by atoms with E-state index >= 15 is 0 Å². The maximum Gasteiger partial charge on any atom is 0.234 e. The second kappa shape index (κ2) is 11.4. The molecular weight excluding hydrogens is 446 g/mol. The molecule has 3 aromatic carbocycles. The van der Waals surface area contributed by atoms with Gasteiger partial charge in [0.15, 0.2) is 11.0 Å². The smallest absolute Gasteiger partial charge is 0.234 e. The lowest BCUT2D eigenvalue weighted by Crippen LogP contribution is -2.15. The van der Waals surface area contributed by atoms with E-state index in [1.807, 2.05) is 54.0 Å². The number of allylic oxidation sites excluding steroid dienone is 1. The maximum absolute atomic E-state index is 12.5. The fourth-order valence-electron chi connectivity index (χ4n) is 3.55. The molecule has 1 heterocycles. The number of benzene rings is 3. The van der Waals surface area contributed by atoms with E-state index in [0.717, 1.165) is 28.3 Å². The molecule has 0 aliphatic heterocycles. The molecule has 0 atom stereocenters. The Kier molecular flexibility index (Phi) is 7.83. The zero-order valence-corrected chi connectivity index (χ0v) is 19.8. The summed E-state index contributed by atoms with van der Waals surface area (Å²) in [7, 11) is 0. The number of anilines is 2. The topological polar surface area (TPSA) is 81.1 Å². The quantitative estimate of drug-likeness (QED) is 0.225. The highest BCUT2D eigenvalue weighted by Gasteiger charge is 2.14. The Balaban J connectivity index is 1.38. The highest BCUT2D eigenvalue weighted by molar-refractivity contribution is 7.99. The standard InChI is InChI=1S/C26H27N5O2S/c1-3-16-31-24(17-27-23-11-7-9-19-8-5-6-10-22(19)23)29-30-26(31)34-18-25(32)28-20-12-14-21(15-13-20)33-4-2/h3,5-15,27H,1,4,16-18H2,2H3,(H,28,32). The summed E-state index contributed by atoms with van der Waals surface area (Å²) < 4.78 is 7.40. The largest absolute Gasteiger partial charge is 0.494 e. The van der Waals surface area contributed by atoms with Crippen molar-refractivity contribution in [1.82, 2.24) is 14.8 Å². The van der Waals surface area contributed by atoms with Crippen LogP contribution in [-0.4, -0.2) is 33.0 Å². The predicted octanol–water partition coefficient (Wildman–Crippen LogP) is 5.36. The molecule has 0 fully saturated rings. The third kappa shape index (κ3) is 5.77. The molecule has 1 aromatic heterocycles. The average molecular weight is 474 g/mol. The summed E-state index contributed by atoms with van der Waals surface area (Å²) in [5, 5.41) is 18.0. The molecule has 4 aromatic rings. The van der Waals surface area contributed by atoms with Crippen LogP contribution in [0.4, 0.5) is 11.4 Å². The summed E-state index contributed by atoms with van der Waals surface area (Å²) in [4.78, 5) is 12.5. The number of nitrogens with zero attached hydrogens (tertiary/aromatic N) is 3. The number of nitrogens with one attached hydrogen (secondary N) is 2. The Morgan fingerprint density at radius 1 is 1.09 bits per heavy atom. The second-order valence-corrected chi connectivity index (χ2v) is 8.42. The number of aromatic nitrogens is 3. The maximum atomic E-state index is 12.5. The molecular formula is C26H27N5O2S. The van der Waals surface area contributed by atoms with Gasteiger partial charge in [0.05, 0.1) is 18.9 Å². The van der Waals surface area contributed by atoms with Crippen LogP contribution in [0.25, 0.3) is 10.8 Å². The van der Waals surface area contributed by atoms with Gasteiger partial charge in [-0.1, -0.05) is 54.2 Å². The molecule has 0 saturated heterocycles. The number of rotatable bonds is 11. The van der Waals surface area contributed by atoms with Crippen molar-refractivity contribution in [2.75, 3.05) is 23.0 Å². The molecule has 0 saturated carbocycles. The van der Waals surface area contributed by atoms with E-state index in [4.69, 9.17) is 4.74 Å². The number of ether oxygens (including phenoxy) is 1. The van der Waals surface area contributed by atoms with Gasteiger partial charge in [-0.25, -0.2) is 0 Å². The summed E-state index contributed by atoms with van der Waals surface area (Å²) in [6, 6.07) is 21.7. The molecule has 0 aliphatic rings. The third-order valence-electron chi connectivity index (χ3n) is 5.11. The molecule has 0 radical (unpaired) electrons. The van der Waals surface area contributed by atoms with E-state index in [9.17, 15) is 4.79 Å². The minimum Gasteiger partial charge on any atom is -0.494 e. The van der Waals surface area contributed by atoms with Crippen molar-refractivity contribution < 1.29 is 9.53 Å². The summed E-state index contributed by atoms with van der Waals surface area (Å²) in [5.74, 6) is 1.66. The van der Waals surface area contributed by atoms with Crippen molar-refractivity contribution in [1.29, 1.82) is 0 Å². The number of hydrogen-bond acceptors (Lipinski definition) is 6. The molecule has 1 amide bonds. The Labute approximate surface area is 203 Å². The summed E-state index contributed by atoms with van der Waals surface area (Å²) in [5.41, 5.74) is 1.76. The fraction of sp³-hybridized carbons (Fsp3) is 0.192. The van der Waals surface area contributed by atoms with E-state index in [0.29, 0.717) is 24.9 Å². The Bertz CT molecular complexity index is 1260. The molecule has 0 bridgehead atoms. The van der Waals surface area contributed by atoms with Crippen LogP contribution < -0.4 is 15.4 Å². The normalized spacial score (nSPS) is 10.7. The van der Waals surface area contributed by atoms with Gasteiger partial charge in [0, 0.05) is 23.3 Å². The SMILES string of the molecule is C=CCn1c(CNc2cccc3ccccc23)nnc1SCC(=O)Nc1ccc(OCC)cc1. The second-order valence-electron chi connectivity index (χ2n) is 7.47. The zero-order valence-electron chi connectivity index (χ0n) is 19.0. The van der Waals surface area contributed by atoms with Crippen LogP contribution in [0.15, 0.2) is 84.5 Å². The highest BCUT2D eigenvalue weighted by Crippen LogP contribution is 2.24. The number of hydrogen-bond donors (Lipinski definition) is 2. The molecule has 174 valence electrons. The van der Waals surface area contributed by atoms with E-state index < -0.39 is 0 Å². The monoisotopic (exact) mass is 473 g/mol. The van der Waals surface area contributed by atoms with Crippen LogP contribution in [-0.2, 0) is 17.9 Å². The first-order valence-corrected chi connectivity index (χ1v) is 12.1. The first-order chi connectivity index (χ1) is 16.7. The van der Waals surface area contributed by atoms with Crippen LogP contribution in [0.3, 0.4) is 0 Å². The summed E-state index contributed by atoms with van der Waals surface area (Å²) in [6.45, 7) is 7.46. The van der Waals surface area contributed by atoms with E-state index in [2.05, 4.69) is 51.7 Å². The molecule has 8 heteroatoms. The van der Waals surface area contributed by atoms with Crippen molar-refractivity contribution in [3.05, 3.63) is 85.2 Å². The molecule has 0 spiro atoms. The number of thioether (sulfide) groups is 1. The Morgan fingerprint density at radius 3 is 2.68 bits per heavy atom. The van der Waals surface area contributed by atoms with Crippen LogP contribution in [0.1, 0.15) is 12.7 Å². The predicted molar refractivity (Wildman–Crippen MR) is 138 cm³/mol. The number of carbonyl (C=O) groups excluding carboxylic acids is 1. The fourth-order valence-corrected chi connectivity index (χ4v) is 4.32. The van der Waals surface area contributed by atoms with Gasteiger partial charge < -0.3 is 19.9 Å². The lowest BCUT2D eigenvalue weighted by Gasteiger charge is -2.11. The van der Waals surface area contributed by atoms with Crippen molar-refractivity contribution in [3.63, 3.8) is 0 Å². The lowest BCUT2D eigenvalue weighted by atomic mass is 10.1. The minimum absolute atomic E-state index is 0.113. The van der Waals surface area contributed by atoms with Gasteiger partial charge in [0.25, 0.3) is 0 Å². The first kappa shape index (κ1) is 23.4. The van der Waals surface area contributed by atoms with Crippen molar-refractivity contribution in [2.24, 2.45) is 0 Å². The third-order valence-corrected chi connectivity index (χ3v) is 6.08. The van der Waals surface area contributed by atoms with Gasteiger partial charge in [0.1, 0.15) is 5.75 Å². The number of amides is 1. The Morgan fingerprint density at radius 2 is 1.88 bits per heavy atom. The van der Waals surface area contributed by atoms with E-state index in [-0.39, 0.29) is 11.7 Å². The highest BCUT2D eigenvalue weighted by atomic mass is 32.2. The van der Waals surface area contributed by atoms with Crippen LogP contribution in [0.2, 0.25) is 0 Å². The van der Waals surface area contributed by atoms with Crippen molar-refractivity contribution in [2.45, 2.75) is 25.2 Å². The van der Waals surface area contributed by atoms with Gasteiger partial charge in [-0.3, -0.25) is 4.79 Å². The van der Waals surface area contributed by atoms with Crippen LogP contribution in [0, 0.1) is 0 Å². The van der Waals surface area contributed by atoms with Crippen molar-refractivity contribution >= 4 is 39.8 Å². The first-order valence-electron chi connectivity index (χ1n) is 11.1. The molecule has 0 aliphatic carbocycles. The van der Waals surface area contributed by atoms with Gasteiger partial charge in [-0.05, 0) is 42.6 Å².